The molecule has 0 spiro atoms. The van der Waals surface area contributed by atoms with Gasteiger partial charge in [-0.15, -0.1) is 0 Å². The maximum absolute atomic E-state index is 5.97. The van der Waals surface area contributed by atoms with Crippen LogP contribution in [0.15, 0.2) is 30.3 Å². The van der Waals surface area contributed by atoms with Crippen LogP contribution in [-0.2, 0) is 10.3 Å². The van der Waals surface area contributed by atoms with Gasteiger partial charge in [0.25, 0.3) is 0 Å². The predicted octanol–water partition coefficient (Wildman–Crippen LogP) is 3.74. The van der Waals surface area contributed by atoms with Crippen molar-refractivity contribution < 1.29 is 4.74 Å². The predicted molar refractivity (Wildman–Crippen MR) is 60.3 cm³/mol. The van der Waals surface area contributed by atoms with E-state index in [0.29, 0.717) is 0 Å². The molecule has 1 unspecified atom stereocenters. The van der Waals surface area contributed by atoms with Crippen molar-refractivity contribution >= 4 is 0 Å². The monoisotopic (exact) mass is 192 g/mol. The Kier molecular flexibility index (Phi) is 3.70. The minimum absolute atomic E-state index is 0.143. The summed E-state index contributed by atoms with van der Waals surface area (Å²) in [5.41, 5.74) is 1.12. The third-order valence-electron chi connectivity index (χ3n) is 2.55. The number of benzene rings is 1. The normalized spacial score (nSPS) is 15.5. The molecule has 0 aliphatic carbocycles. The Morgan fingerprint density at radius 1 is 1.21 bits per heavy atom. The lowest BCUT2D eigenvalue weighted by molar-refractivity contribution is -0.0754. The molecule has 14 heavy (non-hydrogen) atoms. The fraction of sp³-hybridized carbons (Fsp3) is 0.538. The zero-order valence-electron chi connectivity index (χ0n) is 9.58. The lowest BCUT2D eigenvalue weighted by atomic mass is 9.93. The minimum Gasteiger partial charge on any atom is -0.368 e. The minimum atomic E-state index is -0.143. The van der Waals surface area contributed by atoms with Crippen molar-refractivity contribution in [1.29, 1.82) is 0 Å². The molecule has 0 fully saturated rings. The van der Waals surface area contributed by atoms with Gasteiger partial charge in [0.15, 0.2) is 0 Å². The van der Waals surface area contributed by atoms with E-state index in [9.17, 15) is 0 Å². The first-order valence-electron chi connectivity index (χ1n) is 5.32. The van der Waals surface area contributed by atoms with E-state index in [1.807, 2.05) is 6.07 Å². The molecule has 78 valence electrons. The van der Waals surface area contributed by atoms with Crippen LogP contribution in [0.25, 0.3) is 0 Å². The van der Waals surface area contributed by atoms with E-state index in [2.05, 4.69) is 52.0 Å². The highest BCUT2D eigenvalue weighted by Crippen LogP contribution is 2.29. The molecule has 0 radical (unpaired) electrons. The van der Waals surface area contributed by atoms with Crippen LogP contribution in [0, 0.1) is 0 Å². The van der Waals surface area contributed by atoms with E-state index in [-0.39, 0.29) is 11.7 Å². The van der Waals surface area contributed by atoms with Crippen molar-refractivity contribution in [3.63, 3.8) is 0 Å². The molecule has 1 aromatic carbocycles. The highest BCUT2D eigenvalue weighted by atomic mass is 16.5. The molecule has 0 saturated carbocycles. The fourth-order valence-corrected chi connectivity index (χ4v) is 1.67. The van der Waals surface area contributed by atoms with Crippen LogP contribution in [0.3, 0.4) is 0 Å². The Morgan fingerprint density at radius 2 is 1.79 bits per heavy atom. The first-order chi connectivity index (χ1) is 6.58. The molecule has 1 nitrogen and oxygen atoms in total. The van der Waals surface area contributed by atoms with Crippen LogP contribution in [-0.4, -0.2) is 6.10 Å². The summed E-state index contributed by atoms with van der Waals surface area (Å²) < 4.78 is 5.97. The van der Waals surface area contributed by atoms with Crippen LogP contribution < -0.4 is 0 Å². The molecule has 1 heteroatoms. The van der Waals surface area contributed by atoms with Crippen LogP contribution in [0.4, 0.5) is 0 Å². The third kappa shape index (κ3) is 2.58. The lowest BCUT2D eigenvalue weighted by Gasteiger charge is -2.31. The molecule has 0 aromatic heterocycles. The molecule has 0 heterocycles. The topological polar surface area (TPSA) is 9.23 Å². The van der Waals surface area contributed by atoms with Crippen LogP contribution in [0.5, 0.6) is 0 Å². The van der Waals surface area contributed by atoms with Gasteiger partial charge in [0.05, 0.1) is 11.7 Å². The van der Waals surface area contributed by atoms with E-state index in [1.165, 1.54) is 5.56 Å². The van der Waals surface area contributed by atoms with E-state index in [4.69, 9.17) is 4.74 Å². The summed E-state index contributed by atoms with van der Waals surface area (Å²) in [7, 11) is 0. The number of rotatable bonds is 4. The molecule has 0 bridgehead atoms. The maximum Gasteiger partial charge on any atom is 0.0904 e. The standard InChI is InChI=1S/C13H20O/c1-5-13(4,14-11(2)3)12-9-7-6-8-10-12/h6-11H,5H2,1-4H3. The molecule has 1 rings (SSSR count). The second-order valence-corrected chi connectivity index (χ2v) is 4.12. The average Bonchev–Trinajstić information content (AvgIpc) is 2.18. The molecule has 0 N–H and O–H groups in total. The Labute approximate surface area is 87.1 Å². The van der Waals surface area contributed by atoms with Gasteiger partial charge in [-0.25, -0.2) is 0 Å². The van der Waals surface area contributed by atoms with Crippen LogP contribution >= 0.6 is 0 Å². The molecular weight excluding hydrogens is 172 g/mol. The molecular formula is C13H20O. The van der Waals surface area contributed by atoms with Gasteiger partial charge < -0.3 is 4.74 Å². The Bertz CT molecular complexity index is 266. The summed E-state index contributed by atoms with van der Waals surface area (Å²) >= 11 is 0. The Balaban J connectivity index is 2.90. The highest BCUT2D eigenvalue weighted by molar-refractivity contribution is 5.21. The second-order valence-electron chi connectivity index (χ2n) is 4.12. The van der Waals surface area contributed by atoms with Gasteiger partial charge in [0, 0.05) is 0 Å². The Morgan fingerprint density at radius 3 is 2.21 bits per heavy atom. The van der Waals surface area contributed by atoms with Gasteiger partial charge in [0.2, 0.25) is 0 Å². The van der Waals surface area contributed by atoms with Crippen molar-refractivity contribution in [3.05, 3.63) is 35.9 Å². The first-order valence-corrected chi connectivity index (χ1v) is 5.32. The zero-order chi connectivity index (χ0) is 10.6. The van der Waals surface area contributed by atoms with Gasteiger partial charge in [0.1, 0.15) is 0 Å². The molecule has 1 atom stereocenters. The van der Waals surface area contributed by atoms with Gasteiger partial charge in [-0.1, -0.05) is 37.3 Å². The van der Waals surface area contributed by atoms with Crippen molar-refractivity contribution in [2.24, 2.45) is 0 Å². The van der Waals surface area contributed by atoms with E-state index in [0.717, 1.165) is 6.42 Å². The van der Waals surface area contributed by atoms with Gasteiger partial charge in [-0.05, 0) is 32.8 Å². The van der Waals surface area contributed by atoms with E-state index >= 15 is 0 Å². The molecule has 0 aliphatic heterocycles. The number of hydrogen-bond acceptors (Lipinski definition) is 1. The van der Waals surface area contributed by atoms with Gasteiger partial charge in [-0.2, -0.15) is 0 Å². The van der Waals surface area contributed by atoms with Crippen LogP contribution in [0.2, 0.25) is 0 Å². The molecule has 0 amide bonds. The van der Waals surface area contributed by atoms with Crippen molar-refractivity contribution in [3.8, 4) is 0 Å². The zero-order valence-corrected chi connectivity index (χ0v) is 9.58. The maximum atomic E-state index is 5.97. The summed E-state index contributed by atoms with van der Waals surface area (Å²) in [6, 6.07) is 10.4. The fourth-order valence-electron chi connectivity index (χ4n) is 1.67. The molecule has 1 aromatic rings. The first kappa shape index (κ1) is 11.3. The second kappa shape index (κ2) is 4.61. The summed E-state index contributed by atoms with van der Waals surface area (Å²) in [6.45, 7) is 8.48. The number of hydrogen-bond donors (Lipinski definition) is 0. The number of ether oxygens (including phenoxy) is 1. The van der Waals surface area contributed by atoms with Gasteiger partial charge >= 0.3 is 0 Å². The lowest BCUT2D eigenvalue weighted by Crippen LogP contribution is -2.28. The van der Waals surface area contributed by atoms with E-state index < -0.39 is 0 Å². The quantitative estimate of drug-likeness (QED) is 0.706. The summed E-state index contributed by atoms with van der Waals surface area (Å²) in [6.07, 6.45) is 1.26. The third-order valence-corrected chi connectivity index (χ3v) is 2.55. The van der Waals surface area contributed by atoms with Crippen molar-refractivity contribution in [1.82, 2.24) is 0 Å². The largest absolute Gasteiger partial charge is 0.368 e. The summed E-state index contributed by atoms with van der Waals surface area (Å²) in [5.74, 6) is 0. The summed E-state index contributed by atoms with van der Waals surface area (Å²) in [5, 5.41) is 0. The highest BCUT2D eigenvalue weighted by Gasteiger charge is 2.25. The SMILES string of the molecule is CCC(C)(OC(C)C)c1ccccc1. The Hall–Kier alpha value is -0.820. The average molecular weight is 192 g/mol. The molecule has 0 aliphatic rings. The van der Waals surface area contributed by atoms with E-state index in [1.54, 1.807) is 0 Å². The molecule has 0 saturated heterocycles. The smallest absolute Gasteiger partial charge is 0.0904 e. The van der Waals surface area contributed by atoms with Gasteiger partial charge in [-0.3, -0.25) is 0 Å². The van der Waals surface area contributed by atoms with Crippen LogP contribution in [0.1, 0.15) is 39.7 Å². The van der Waals surface area contributed by atoms with Crippen molar-refractivity contribution in [2.75, 3.05) is 0 Å². The summed E-state index contributed by atoms with van der Waals surface area (Å²) in [4.78, 5) is 0. The van der Waals surface area contributed by atoms with Crippen molar-refractivity contribution in [2.45, 2.75) is 45.8 Å².